The van der Waals surface area contributed by atoms with Crippen LogP contribution < -0.4 is 10.2 Å². The van der Waals surface area contributed by atoms with Gasteiger partial charge in [-0.25, -0.2) is 0 Å². The Morgan fingerprint density at radius 2 is 2.17 bits per heavy atom. The Morgan fingerprint density at radius 1 is 1.39 bits per heavy atom. The Morgan fingerprint density at radius 3 is 2.94 bits per heavy atom. The number of fused-ring (bicyclic) bond motifs is 1. The molecule has 0 saturated heterocycles. The molecule has 0 spiro atoms. The molecule has 1 unspecified atom stereocenters. The molecule has 1 aliphatic heterocycles. The lowest BCUT2D eigenvalue weighted by Crippen LogP contribution is -2.38. The summed E-state index contributed by atoms with van der Waals surface area (Å²) in [6, 6.07) is 8.11. The Labute approximate surface area is 108 Å². The number of para-hydroxylation sites is 1. The largest absolute Gasteiger partial charge is 0.396 e. The summed E-state index contributed by atoms with van der Waals surface area (Å²) >= 11 is 0. The number of hydrogen-bond acceptors (Lipinski definition) is 3. The quantitative estimate of drug-likeness (QED) is 0.776. The number of nitrogens with zero attached hydrogens (tertiary/aromatic N) is 1. The second-order valence-electron chi connectivity index (χ2n) is 4.65. The number of carbonyl (C=O) groups excluding carboxylic acids is 1. The topological polar surface area (TPSA) is 52.6 Å². The molecule has 1 aromatic rings. The monoisotopic (exact) mass is 248 g/mol. The zero-order valence-electron chi connectivity index (χ0n) is 10.7. The van der Waals surface area contributed by atoms with E-state index in [1.165, 1.54) is 5.56 Å². The highest BCUT2D eigenvalue weighted by molar-refractivity contribution is 5.96. The van der Waals surface area contributed by atoms with Gasteiger partial charge in [0.05, 0.1) is 0 Å². The van der Waals surface area contributed by atoms with Crippen molar-refractivity contribution >= 4 is 11.6 Å². The van der Waals surface area contributed by atoms with Crippen LogP contribution in [-0.4, -0.2) is 31.2 Å². The maximum Gasteiger partial charge on any atom is 0.228 e. The van der Waals surface area contributed by atoms with E-state index in [-0.39, 0.29) is 18.6 Å². The first kappa shape index (κ1) is 13.1. The predicted octanol–water partition coefficient (Wildman–Crippen LogP) is 1.46. The molecule has 2 rings (SSSR count). The Balaban J connectivity index is 2.07. The minimum Gasteiger partial charge on any atom is -0.396 e. The van der Waals surface area contributed by atoms with Crippen LogP contribution in [-0.2, 0) is 4.79 Å². The van der Waals surface area contributed by atoms with Crippen LogP contribution in [0.5, 0.6) is 0 Å². The highest BCUT2D eigenvalue weighted by atomic mass is 16.2. The van der Waals surface area contributed by atoms with E-state index in [2.05, 4.69) is 11.4 Å². The third-order valence-corrected chi connectivity index (χ3v) is 3.40. The number of carbonyl (C=O) groups is 1. The van der Waals surface area contributed by atoms with Gasteiger partial charge in [0, 0.05) is 31.8 Å². The number of aliphatic hydroxyl groups is 1. The smallest absolute Gasteiger partial charge is 0.228 e. The average Bonchev–Trinajstić information content (AvgIpc) is 2.40. The molecular formula is C14H20N2O2. The van der Waals surface area contributed by atoms with Gasteiger partial charge in [-0.1, -0.05) is 18.2 Å². The number of amides is 1. The summed E-state index contributed by atoms with van der Waals surface area (Å²) < 4.78 is 0. The standard InChI is InChI=1S/C14H20N2O2/c1-16-13-7-3-2-6-11(13)12(10-14(16)18)15-8-4-5-9-17/h2-3,6-7,12,15,17H,4-5,8-10H2,1H3. The molecule has 1 aliphatic rings. The number of aliphatic hydroxyl groups excluding tert-OH is 1. The van der Waals surface area contributed by atoms with Crippen LogP contribution in [0.2, 0.25) is 0 Å². The van der Waals surface area contributed by atoms with Crippen molar-refractivity contribution in [2.45, 2.75) is 25.3 Å². The minimum atomic E-state index is 0.101. The second kappa shape index (κ2) is 5.98. The Kier molecular flexibility index (Phi) is 4.33. The molecule has 4 nitrogen and oxygen atoms in total. The van der Waals surface area contributed by atoms with E-state index in [4.69, 9.17) is 5.11 Å². The number of unbranched alkanes of at least 4 members (excludes halogenated alkanes) is 1. The van der Waals surface area contributed by atoms with Crippen molar-refractivity contribution in [3.63, 3.8) is 0 Å². The molecule has 1 amide bonds. The molecule has 0 bridgehead atoms. The van der Waals surface area contributed by atoms with Gasteiger partial charge >= 0.3 is 0 Å². The first-order valence-electron chi connectivity index (χ1n) is 6.43. The van der Waals surface area contributed by atoms with E-state index >= 15 is 0 Å². The average molecular weight is 248 g/mol. The molecule has 0 fully saturated rings. The van der Waals surface area contributed by atoms with Crippen molar-refractivity contribution in [3.8, 4) is 0 Å². The molecule has 0 aromatic heterocycles. The maximum atomic E-state index is 11.9. The fourth-order valence-corrected chi connectivity index (χ4v) is 2.34. The third-order valence-electron chi connectivity index (χ3n) is 3.40. The zero-order valence-corrected chi connectivity index (χ0v) is 10.7. The predicted molar refractivity (Wildman–Crippen MR) is 71.5 cm³/mol. The van der Waals surface area contributed by atoms with Gasteiger partial charge in [0.15, 0.2) is 0 Å². The summed E-state index contributed by atoms with van der Waals surface area (Å²) in [6.07, 6.45) is 2.24. The molecule has 18 heavy (non-hydrogen) atoms. The van der Waals surface area contributed by atoms with Crippen LogP contribution >= 0.6 is 0 Å². The van der Waals surface area contributed by atoms with Crippen LogP contribution in [0.25, 0.3) is 0 Å². The van der Waals surface area contributed by atoms with Crippen molar-refractivity contribution < 1.29 is 9.90 Å². The van der Waals surface area contributed by atoms with E-state index in [1.807, 2.05) is 25.2 Å². The summed E-state index contributed by atoms with van der Waals surface area (Å²) in [5, 5.41) is 12.2. The van der Waals surface area contributed by atoms with Crippen molar-refractivity contribution in [1.29, 1.82) is 0 Å². The molecule has 0 radical (unpaired) electrons. The van der Waals surface area contributed by atoms with Gasteiger partial charge in [-0.3, -0.25) is 4.79 Å². The number of hydrogen-bond donors (Lipinski definition) is 2. The summed E-state index contributed by atoms with van der Waals surface area (Å²) in [5.74, 6) is 0.147. The first-order valence-corrected chi connectivity index (χ1v) is 6.43. The van der Waals surface area contributed by atoms with Crippen LogP contribution in [0, 0.1) is 0 Å². The second-order valence-corrected chi connectivity index (χ2v) is 4.65. The lowest BCUT2D eigenvalue weighted by atomic mass is 9.96. The number of benzene rings is 1. The van der Waals surface area contributed by atoms with Gasteiger partial charge < -0.3 is 15.3 Å². The Bertz CT molecular complexity index is 420. The van der Waals surface area contributed by atoms with Gasteiger partial charge in [0.25, 0.3) is 0 Å². The molecule has 2 N–H and O–H groups in total. The van der Waals surface area contributed by atoms with Crippen molar-refractivity contribution in [3.05, 3.63) is 29.8 Å². The van der Waals surface area contributed by atoms with Crippen molar-refractivity contribution in [2.24, 2.45) is 0 Å². The number of anilines is 1. The number of nitrogens with one attached hydrogen (secondary N) is 1. The minimum absolute atomic E-state index is 0.101. The SMILES string of the molecule is CN1C(=O)CC(NCCCCO)c2ccccc21. The van der Waals surface area contributed by atoms with Crippen LogP contribution in [0.1, 0.15) is 30.9 Å². The highest BCUT2D eigenvalue weighted by Gasteiger charge is 2.28. The van der Waals surface area contributed by atoms with Crippen LogP contribution in [0.4, 0.5) is 5.69 Å². The van der Waals surface area contributed by atoms with E-state index < -0.39 is 0 Å². The van der Waals surface area contributed by atoms with Gasteiger partial charge in [0.2, 0.25) is 5.91 Å². The summed E-state index contributed by atoms with van der Waals surface area (Å²) in [4.78, 5) is 13.6. The molecule has 4 heteroatoms. The third kappa shape index (κ3) is 2.71. The molecule has 98 valence electrons. The number of rotatable bonds is 5. The van der Waals surface area contributed by atoms with Gasteiger partial charge in [-0.15, -0.1) is 0 Å². The van der Waals surface area contributed by atoms with Gasteiger partial charge in [-0.2, -0.15) is 0 Å². The van der Waals surface area contributed by atoms with Crippen molar-refractivity contribution in [2.75, 3.05) is 25.1 Å². The van der Waals surface area contributed by atoms with E-state index in [9.17, 15) is 4.79 Å². The molecule has 1 heterocycles. The lowest BCUT2D eigenvalue weighted by Gasteiger charge is -2.32. The summed E-state index contributed by atoms with van der Waals surface area (Å²) in [5.41, 5.74) is 2.18. The fourth-order valence-electron chi connectivity index (χ4n) is 2.34. The van der Waals surface area contributed by atoms with E-state index in [0.717, 1.165) is 25.1 Å². The fraction of sp³-hybridized carbons (Fsp3) is 0.500. The molecule has 0 saturated carbocycles. The molecular weight excluding hydrogens is 228 g/mol. The van der Waals surface area contributed by atoms with Crippen molar-refractivity contribution in [1.82, 2.24) is 5.32 Å². The van der Waals surface area contributed by atoms with Crippen LogP contribution in [0.15, 0.2) is 24.3 Å². The van der Waals surface area contributed by atoms with E-state index in [0.29, 0.717) is 6.42 Å². The Hall–Kier alpha value is -1.39. The lowest BCUT2D eigenvalue weighted by molar-refractivity contribution is -0.119. The van der Waals surface area contributed by atoms with Gasteiger partial charge in [-0.05, 0) is 31.0 Å². The normalized spacial score (nSPS) is 18.9. The molecule has 0 aliphatic carbocycles. The van der Waals surface area contributed by atoms with Gasteiger partial charge in [0.1, 0.15) is 0 Å². The zero-order chi connectivity index (χ0) is 13.0. The van der Waals surface area contributed by atoms with E-state index in [1.54, 1.807) is 4.90 Å². The van der Waals surface area contributed by atoms with Crippen LogP contribution in [0.3, 0.4) is 0 Å². The molecule has 1 aromatic carbocycles. The summed E-state index contributed by atoms with van der Waals surface area (Å²) in [7, 11) is 1.82. The first-order chi connectivity index (χ1) is 8.74. The summed E-state index contributed by atoms with van der Waals surface area (Å²) in [6.45, 7) is 1.06. The molecule has 1 atom stereocenters. The highest BCUT2D eigenvalue weighted by Crippen LogP contribution is 2.33. The maximum absolute atomic E-state index is 11.9.